The first-order valence-corrected chi connectivity index (χ1v) is 8.29. The van der Waals surface area contributed by atoms with Crippen molar-refractivity contribution < 1.29 is 14.3 Å². The van der Waals surface area contributed by atoms with E-state index in [2.05, 4.69) is 41.5 Å². The van der Waals surface area contributed by atoms with Crippen LogP contribution in [-0.4, -0.2) is 11.9 Å². The molecule has 0 radical (unpaired) electrons. The minimum absolute atomic E-state index is 0.00525. The molecule has 0 saturated carbocycles. The van der Waals surface area contributed by atoms with Crippen LogP contribution in [0.2, 0.25) is 0 Å². The summed E-state index contributed by atoms with van der Waals surface area (Å²) in [7, 11) is 0. The smallest absolute Gasteiger partial charge is 0.319 e. The molecule has 0 atom stereocenters. The highest BCUT2D eigenvalue weighted by Crippen LogP contribution is 2.38. The minimum Gasteiger partial charge on any atom is -0.392 e. The van der Waals surface area contributed by atoms with Crippen molar-refractivity contribution in [2.75, 3.05) is 0 Å². The molecule has 22 heavy (non-hydrogen) atoms. The van der Waals surface area contributed by atoms with Gasteiger partial charge in [0.1, 0.15) is 0 Å². The normalized spacial score (nSPS) is 13.9. The van der Waals surface area contributed by atoms with Gasteiger partial charge < -0.3 is 4.74 Å². The zero-order valence-corrected chi connectivity index (χ0v) is 16.3. The lowest BCUT2D eigenvalue weighted by Crippen LogP contribution is -2.38. The van der Waals surface area contributed by atoms with Crippen LogP contribution in [0.15, 0.2) is 0 Å². The van der Waals surface area contributed by atoms with Crippen molar-refractivity contribution in [2.45, 2.75) is 88.5 Å². The van der Waals surface area contributed by atoms with Crippen LogP contribution in [0.5, 0.6) is 0 Å². The summed E-state index contributed by atoms with van der Waals surface area (Å²) in [5.74, 6) is -0.837. The van der Waals surface area contributed by atoms with E-state index in [0.29, 0.717) is 12.8 Å². The third-order valence-corrected chi connectivity index (χ3v) is 4.14. The fraction of sp³-hybridized carbons (Fsp3) is 0.895. The van der Waals surface area contributed by atoms with Crippen molar-refractivity contribution in [1.82, 2.24) is 0 Å². The molecule has 0 N–H and O–H groups in total. The van der Waals surface area contributed by atoms with Crippen molar-refractivity contribution in [3.8, 4) is 0 Å². The lowest BCUT2D eigenvalue weighted by atomic mass is 9.73. The molecule has 130 valence electrons. The van der Waals surface area contributed by atoms with E-state index < -0.39 is 22.8 Å². The second kappa shape index (κ2) is 6.72. The Hall–Kier alpha value is -0.860. The Kier molecular flexibility index (Phi) is 6.46. The van der Waals surface area contributed by atoms with Crippen molar-refractivity contribution in [3.63, 3.8) is 0 Å². The summed E-state index contributed by atoms with van der Waals surface area (Å²) in [5.41, 5.74) is -1.27. The summed E-state index contributed by atoms with van der Waals surface area (Å²) < 4.78 is 5.24. The first-order chi connectivity index (χ1) is 9.52. The van der Waals surface area contributed by atoms with Crippen LogP contribution >= 0.6 is 0 Å². The number of esters is 2. The summed E-state index contributed by atoms with van der Waals surface area (Å²) in [6.07, 6.45) is 2.35. The molecule has 0 amide bonds. The number of ether oxygens (including phenoxy) is 1. The van der Waals surface area contributed by atoms with E-state index in [0.717, 1.165) is 6.42 Å². The van der Waals surface area contributed by atoms with E-state index in [9.17, 15) is 9.59 Å². The predicted molar refractivity (Wildman–Crippen MR) is 91.4 cm³/mol. The van der Waals surface area contributed by atoms with Gasteiger partial charge in [0.05, 0.1) is 10.8 Å². The molecule has 0 aliphatic heterocycles. The van der Waals surface area contributed by atoms with Gasteiger partial charge in [-0.15, -0.1) is 0 Å². The molecule has 0 aromatic rings. The Morgan fingerprint density at radius 1 is 0.727 bits per heavy atom. The van der Waals surface area contributed by atoms with Crippen molar-refractivity contribution >= 4 is 11.9 Å². The largest absolute Gasteiger partial charge is 0.392 e. The molecule has 0 fully saturated rings. The topological polar surface area (TPSA) is 43.4 Å². The van der Waals surface area contributed by atoms with Crippen LogP contribution in [0.3, 0.4) is 0 Å². The van der Waals surface area contributed by atoms with Crippen LogP contribution in [0, 0.1) is 21.7 Å². The lowest BCUT2D eigenvalue weighted by molar-refractivity contribution is -0.174. The fourth-order valence-corrected chi connectivity index (χ4v) is 3.15. The van der Waals surface area contributed by atoms with E-state index in [4.69, 9.17) is 4.74 Å². The Balaban J connectivity index is 4.94. The van der Waals surface area contributed by atoms with Gasteiger partial charge in [0.2, 0.25) is 0 Å². The molecule has 0 aromatic heterocycles. The van der Waals surface area contributed by atoms with Gasteiger partial charge in [-0.3, -0.25) is 9.59 Å². The Bertz CT molecular complexity index is 409. The lowest BCUT2D eigenvalue weighted by Gasteiger charge is -2.34. The van der Waals surface area contributed by atoms with Crippen molar-refractivity contribution in [1.29, 1.82) is 0 Å². The molecule has 3 heteroatoms. The van der Waals surface area contributed by atoms with Gasteiger partial charge in [0.15, 0.2) is 0 Å². The maximum absolute atomic E-state index is 12.4. The van der Waals surface area contributed by atoms with Crippen LogP contribution in [-0.2, 0) is 14.3 Å². The average molecular weight is 312 g/mol. The van der Waals surface area contributed by atoms with E-state index in [1.165, 1.54) is 0 Å². The zero-order valence-electron chi connectivity index (χ0n) is 16.3. The summed E-state index contributed by atoms with van der Waals surface area (Å²) >= 11 is 0. The zero-order chi connectivity index (χ0) is 18.0. The van der Waals surface area contributed by atoms with Gasteiger partial charge in [0, 0.05) is 0 Å². The van der Waals surface area contributed by atoms with Crippen molar-refractivity contribution in [3.05, 3.63) is 0 Å². The third-order valence-electron chi connectivity index (χ3n) is 4.14. The van der Waals surface area contributed by atoms with E-state index >= 15 is 0 Å². The number of hydrogen-bond acceptors (Lipinski definition) is 3. The highest BCUT2D eigenvalue weighted by molar-refractivity contribution is 5.90. The van der Waals surface area contributed by atoms with Gasteiger partial charge in [-0.2, -0.15) is 0 Å². The van der Waals surface area contributed by atoms with E-state index in [-0.39, 0.29) is 10.8 Å². The number of carbonyl (C=O) groups is 2. The Morgan fingerprint density at radius 3 is 1.41 bits per heavy atom. The molecule has 0 saturated heterocycles. The highest BCUT2D eigenvalue weighted by Gasteiger charge is 2.40. The number of rotatable bonds is 6. The standard InChI is InChI=1S/C19H36O3/c1-11-17(5,6)13-19(9,10)15(21)22-14(20)18(7,8)12-16(2,3)4/h11-13H2,1-10H3. The molecule has 3 nitrogen and oxygen atoms in total. The summed E-state index contributed by atoms with van der Waals surface area (Å²) in [4.78, 5) is 24.8. The maximum atomic E-state index is 12.4. The predicted octanol–water partition coefficient (Wildman–Crippen LogP) is 5.37. The fourth-order valence-electron chi connectivity index (χ4n) is 3.15. The molecular formula is C19H36O3. The third kappa shape index (κ3) is 6.93. The van der Waals surface area contributed by atoms with Gasteiger partial charge >= 0.3 is 11.9 Å². The maximum Gasteiger partial charge on any atom is 0.319 e. The summed E-state index contributed by atoms with van der Waals surface area (Å²) in [5, 5.41) is 0. The first kappa shape index (κ1) is 21.1. The van der Waals surface area contributed by atoms with Gasteiger partial charge in [-0.25, -0.2) is 0 Å². The molecule has 0 bridgehead atoms. The van der Waals surface area contributed by atoms with Crippen LogP contribution in [0.1, 0.15) is 88.5 Å². The van der Waals surface area contributed by atoms with E-state index in [1.807, 2.05) is 27.7 Å². The molecule has 0 aromatic carbocycles. The minimum atomic E-state index is -0.662. The van der Waals surface area contributed by atoms with Crippen LogP contribution in [0.25, 0.3) is 0 Å². The summed E-state index contributed by atoms with van der Waals surface area (Å²) in [6.45, 7) is 20.0. The summed E-state index contributed by atoms with van der Waals surface area (Å²) in [6, 6.07) is 0. The van der Waals surface area contributed by atoms with E-state index in [1.54, 1.807) is 0 Å². The molecule has 0 spiro atoms. The molecular weight excluding hydrogens is 276 g/mol. The number of carbonyl (C=O) groups excluding carboxylic acids is 2. The molecule has 0 rings (SSSR count). The van der Waals surface area contributed by atoms with Crippen molar-refractivity contribution in [2.24, 2.45) is 21.7 Å². The first-order valence-electron chi connectivity index (χ1n) is 8.29. The quantitative estimate of drug-likeness (QED) is 0.489. The van der Waals surface area contributed by atoms with Crippen LogP contribution < -0.4 is 0 Å². The molecule has 0 aliphatic carbocycles. The van der Waals surface area contributed by atoms with Gasteiger partial charge in [0.25, 0.3) is 0 Å². The Morgan fingerprint density at radius 2 is 1.09 bits per heavy atom. The SMILES string of the molecule is CCC(C)(C)CC(C)(C)C(=O)OC(=O)C(C)(C)CC(C)(C)C. The second-order valence-corrected chi connectivity index (χ2v) is 9.88. The second-order valence-electron chi connectivity index (χ2n) is 9.88. The van der Waals surface area contributed by atoms with Gasteiger partial charge in [-0.05, 0) is 51.4 Å². The molecule has 0 aliphatic rings. The molecule has 0 unspecified atom stereocenters. The monoisotopic (exact) mass is 312 g/mol. The van der Waals surface area contributed by atoms with Crippen LogP contribution in [0.4, 0.5) is 0 Å². The number of hydrogen-bond donors (Lipinski definition) is 0. The highest BCUT2D eigenvalue weighted by atomic mass is 16.6. The average Bonchev–Trinajstić information content (AvgIpc) is 2.24. The molecule has 0 heterocycles. The van der Waals surface area contributed by atoms with Gasteiger partial charge in [-0.1, -0.05) is 48.0 Å². The Labute approximate surface area is 137 Å².